The number of nitrogens with zero attached hydrogens (tertiary/aromatic N) is 2. The molecular formula is C18H21N3O4. The maximum Gasteiger partial charge on any atom is 0.295 e. The summed E-state index contributed by atoms with van der Waals surface area (Å²) in [4.78, 5) is 17.7. The first-order chi connectivity index (χ1) is 12.0. The maximum absolute atomic E-state index is 10.7. The van der Waals surface area contributed by atoms with Crippen molar-refractivity contribution in [2.24, 2.45) is 5.92 Å². The number of nitriles is 1. The second-order valence-electron chi connectivity index (χ2n) is 6.07. The van der Waals surface area contributed by atoms with Crippen LogP contribution in [0, 0.1) is 24.2 Å². The van der Waals surface area contributed by atoms with Gasteiger partial charge in [-0.1, -0.05) is 19.9 Å². The van der Waals surface area contributed by atoms with E-state index in [0.29, 0.717) is 40.8 Å². The van der Waals surface area contributed by atoms with Crippen LogP contribution in [0.3, 0.4) is 0 Å². The van der Waals surface area contributed by atoms with Crippen LogP contribution in [-0.2, 0) is 9.53 Å². The second kappa shape index (κ2) is 8.31. The molecule has 0 amide bonds. The highest BCUT2D eigenvalue weighted by Gasteiger charge is 2.28. The summed E-state index contributed by atoms with van der Waals surface area (Å²) in [5, 5.41) is 19.7. The molecule has 2 aromatic rings. The first-order valence-corrected chi connectivity index (χ1v) is 7.91. The molecule has 0 spiro atoms. The minimum Gasteiger partial charge on any atom is -0.492 e. The zero-order chi connectivity index (χ0) is 18.4. The maximum atomic E-state index is 10.7. The van der Waals surface area contributed by atoms with Crippen molar-refractivity contribution in [1.82, 2.24) is 9.97 Å². The third kappa shape index (κ3) is 4.37. The van der Waals surface area contributed by atoms with Crippen LogP contribution in [0.5, 0.6) is 5.75 Å². The Kier molecular flexibility index (Phi) is 6.14. The summed E-state index contributed by atoms with van der Waals surface area (Å²) in [5.74, 6) is 0.110. The van der Waals surface area contributed by atoms with Crippen LogP contribution >= 0.6 is 0 Å². The van der Waals surface area contributed by atoms with Gasteiger partial charge in [0.05, 0.1) is 35.8 Å². The van der Waals surface area contributed by atoms with E-state index in [9.17, 15) is 15.2 Å². The van der Waals surface area contributed by atoms with E-state index in [-0.39, 0.29) is 6.47 Å². The van der Waals surface area contributed by atoms with Crippen molar-refractivity contribution in [3.63, 3.8) is 0 Å². The van der Waals surface area contributed by atoms with Crippen molar-refractivity contribution in [3.05, 3.63) is 47.0 Å². The van der Waals surface area contributed by atoms with Gasteiger partial charge in [0.15, 0.2) is 0 Å². The lowest BCUT2D eigenvalue weighted by molar-refractivity contribution is -0.153. The Morgan fingerprint density at radius 2 is 2.20 bits per heavy atom. The summed E-state index contributed by atoms with van der Waals surface area (Å²) in [6.45, 7) is 6.50. The lowest BCUT2D eigenvalue weighted by Gasteiger charge is -2.22. The van der Waals surface area contributed by atoms with Crippen LogP contribution in [-0.4, -0.2) is 34.4 Å². The Balaban J connectivity index is 2.42. The number of carbonyl (C=O) groups excluding carboxylic acids is 1. The van der Waals surface area contributed by atoms with Gasteiger partial charge in [-0.25, -0.2) is 4.98 Å². The number of ether oxygens (including phenoxy) is 2. The molecular weight excluding hydrogens is 322 g/mol. The first-order valence-electron chi connectivity index (χ1n) is 7.91. The fourth-order valence-corrected chi connectivity index (χ4v) is 2.51. The van der Waals surface area contributed by atoms with E-state index in [1.54, 1.807) is 25.1 Å². The largest absolute Gasteiger partial charge is 0.492 e. The van der Waals surface area contributed by atoms with Crippen molar-refractivity contribution < 1.29 is 19.4 Å². The molecule has 0 aliphatic carbocycles. The molecule has 2 unspecified atom stereocenters. The number of imidazole rings is 1. The summed E-state index contributed by atoms with van der Waals surface area (Å²) < 4.78 is 10.4. The second-order valence-corrected chi connectivity index (χ2v) is 6.07. The molecule has 0 aliphatic heterocycles. The fourth-order valence-electron chi connectivity index (χ4n) is 2.51. The Labute approximate surface area is 146 Å². The zero-order valence-electron chi connectivity index (χ0n) is 14.4. The number of aliphatic hydroxyl groups is 1. The summed E-state index contributed by atoms with van der Waals surface area (Å²) in [7, 11) is 0. The van der Waals surface area contributed by atoms with Crippen LogP contribution in [0.25, 0.3) is 0 Å². The number of benzene rings is 1. The van der Waals surface area contributed by atoms with E-state index in [4.69, 9.17) is 9.47 Å². The predicted molar refractivity (Wildman–Crippen MR) is 89.8 cm³/mol. The fraction of sp³-hybridized carbons (Fsp3) is 0.389. The number of aryl methyl sites for hydroxylation is 1. The minimum atomic E-state index is -1.41. The standard InChI is InChI=1S/C18H21N3O4/c1-11(2)8-24-15-5-4-13(6-14(15)7-19)16(18(23)25-10-22)17-12(3)20-9-21-17/h4-6,9-11,16,18,23H,8H2,1-3H3,(H,20,21). The van der Waals surface area contributed by atoms with E-state index >= 15 is 0 Å². The van der Waals surface area contributed by atoms with Crippen LogP contribution in [0.1, 0.15) is 42.3 Å². The van der Waals surface area contributed by atoms with Crippen molar-refractivity contribution in [2.45, 2.75) is 33.0 Å². The molecule has 1 heterocycles. The lowest BCUT2D eigenvalue weighted by atomic mass is 9.92. The zero-order valence-corrected chi connectivity index (χ0v) is 14.4. The van der Waals surface area contributed by atoms with E-state index < -0.39 is 12.2 Å². The average molecular weight is 343 g/mol. The first kappa shape index (κ1) is 18.5. The Hall–Kier alpha value is -2.85. The van der Waals surface area contributed by atoms with Crippen LogP contribution in [0.4, 0.5) is 0 Å². The smallest absolute Gasteiger partial charge is 0.295 e. The number of aliphatic hydroxyl groups excluding tert-OH is 1. The van der Waals surface area contributed by atoms with E-state index in [1.165, 1.54) is 6.33 Å². The van der Waals surface area contributed by atoms with Gasteiger partial charge in [-0.05, 0) is 30.5 Å². The molecule has 1 aromatic carbocycles. The molecule has 132 valence electrons. The molecule has 0 saturated carbocycles. The van der Waals surface area contributed by atoms with Crippen molar-refractivity contribution in [1.29, 1.82) is 5.26 Å². The molecule has 0 radical (unpaired) electrons. The van der Waals surface area contributed by atoms with Gasteiger partial charge < -0.3 is 19.6 Å². The van der Waals surface area contributed by atoms with Gasteiger partial charge in [0.1, 0.15) is 11.8 Å². The van der Waals surface area contributed by atoms with Crippen molar-refractivity contribution in [3.8, 4) is 11.8 Å². The van der Waals surface area contributed by atoms with Gasteiger partial charge in [0, 0.05) is 0 Å². The third-order valence-electron chi connectivity index (χ3n) is 3.71. The van der Waals surface area contributed by atoms with Crippen LogP contribution in [0.2, 0.25) is 0 Å². The molecule has 0 fully saturated rings. The third-order valence-corrected chi connectivity index (χ3v) is 3.71. The predicted octanol–water partition coefficient (Wildman–Crippen LogP) is 2.25. The molecule has 7 heteroatoms. The SMILES string of the molecule is Cc1nc[nH]c1C(c1ccc(OCC(C)C)c(C#N)c1)C(O)OC=O. The highest BCUT2D eigenvalue weighted by atomic mass is 16.6. The van der Waals surface area contributed by atoms with E-state index in [2.05, 4.69) is 16.0 Å². The quantitative estimate of drug-likeness (QED) is 0.562. The number of rotatable bonds is 8. The van der Waals surface area contributed by atoms with Crippen LogP contribution in [0.15, 0.2) is 24.5 Å². The van der Waals surface area contributed by atoms with Gasteiger partial charge in [0.2, 0.25) is 6.29 Å². The highest BCUT2D eigenvalue weighted by molar-refractivity contribution is 5.48. The number of carbonyl (C=O) groups is 1. The monoisotopic (exact) mass is 343 g/mol. The summed E-state index contributed by atoms with van der Waals surface area (Å²) in [6.07, 6.45) is 0.0852. The molecule has 2 atom stereocenters. The van der Waals surface area contributed by atoms with Crippen LogP contribution < -0.4 is 4.74 Å². The van der Waals surface area contributed by atoms with E-state index in [0.717, 1.165) is 0 Å². The summed E-state index contributed by atoms with van der Waals surface area (Å²) in [6, 6.07) is 7.14. The van der Waals surface area contributed by atoms with Gasteiger partial charge in [-0.3, -0.25) is 4.79 Å². The van der Waals surface area contributed by atoms with E-state index in [1.807, 2.05) is 13.8 Å². The molecule has 2 rings (SSSR count). The number of hydrogen-bond donors (Lipinski definition) is 2. The van der Waals surface area contributed by atoms with Crippen molar-refractivity contribution in [2.75, 3.05) is 6.61 Å². The highest BCUT2D eigenvalue weighted by Crippen LogP contribution is 2.32. The number of hydrogen-bond acceptors (Lipinski definition) is 6. The molecule has 2 N–H and O–H groups in total. The topological polar surface area (TPSA) is 108 Å². The minimum absolute atomic E-state index is 0.189. The average Bonchev–Trinajstić information content (AvgIpc) is 2.99. The normalized spacial score (nSPS) is 13.1. The summed E-state index contributed by atoms with van der Waals surface area (Å²) >= 11 is 0. The number of aromatic nitrogens is 2. The van der Waals surface area contributed by atoms with Gasteiger partial charge in [0.25, 0.3) is 6.47 Å². The summed E-state index contributed by atoms with van der Waals surface area (Å²) in [5.41, 5.74) is 2.22. The van der Waals surface area contributed by atoms with Gasteiger partial charge in [-0.15, -0.1) is 0 Å². The molecule has 7 nitrogen and oxygen atoms in total. The molecule has 0 bridgehead atoms. The number of H-pyrrole nitrogens is 1. The Morgan fingerprint density at radius 1 is 1.44 bits per heavy atom. The number of aromatic amines is 1. The number of nitrogens with one attached hydrogen (secondary N) is 1. The lowest BCUT2D eigenvalue weighted by Crippen LogP contribution is -2.23. The molecule has 1 aromatic heterocycles. The Morgan fingerprint density at radius 3 is 2.76 bits per heavy atom. The Bertz CT molecular complexity index is 764. The molecule has 0 saturated heterocycles. The van der Waals surface area contributed by atoms with Gasteiger partial charge >= 0.3 is 0 Å². The molecule has 0 aliphatic rings. The molecule has 25 heavy (non-hydrogen) atoms. The van der Waals surface area contributed by atoms with Gasteiger partial charge in [-0.2, -0.15) is 5.26 Å². The van der Waals surface area contributed by atoms with Crippen molar-refractivity contribution >= 4 is 6.47 Å².